The van der Waals surface area contributed by atoms with Gasteiger partial charge in [0.1, 0.15) is 0 Å². The molecule has 2 heterocycles. The van der Waals surface area contributed by atoms with Crippen LogP contribution in [0.5, 0.6) is 0 Å². The molecule has 2 unspecified atom stereocenters. The fourth-order valence-electron chi connectivity index (χ4n) is 2.11. The van der Waals surface area contributed by atoms with Crippen LogP contribution in [0.1, 0.15) is 31.1 Å². The van der Waals surface area contributed by atoms with E-state index in [1.54, 1.807) is 0 Å². The second-order valence-corrected chi connectivity index (χ2v) is 6.17. The van der Waals surface area contributed by atoms with E-state index in [2.05, 4.69) is 22.1 Å². The topological polar surface area (TPSA) is 79.5 Å². The number of nitrogens with zero attached hydrogens (tertiary/aromatic N) is 3. The fraction of sp³-hybridized carbons (Fsp3) is 0.750. The zero-order chi connectivity index (χ0) is 13.8. The van der Waals surface area contributed by atoms with Crippen molar-refractivity contribution in [2.45, 2.75) is 25.8 Å². The number of thioether (sulfide) groups is 1. The third-order valence-electron chi connectivity index (χ3n) is 3.22. The molecule has 0 spiro atoms. The molecule has 1 saturated heterocycles. The molecule has 1 N–H and O–H groups in total. The first-order valence-corrected chi connectivity index (χ1v) is 7.54. The second kappa shape index (κ2) is 6.38. The van der Waals surface area contributed by atoms with Crippen LogP contribution >= 0.6 is 11.8 Å². The number of carboxylic acids is 1. The summed E-state index contributed by atoms with van der Waals surface area (Å²) in [7, 11) is 2.06. The Bertz CT molecular complexity index is 438. The van der Waals surface area contributed by atoms with Gasteiger partial charge in [0, 0.05) is 30.9 Å². The Hall–Kier alpha value is -1.08. The lowest BCUT2D eigenvalue weighted by atomic mass is 10.0. The molecule has 0 aliphatic carbocycles. The van der Waals surface area contributed by atoms with Crippen LogP contribution in [0.15, 0.2) is 4.52 Å². The maximum Gasteiger partial charge on any atom is 0.303 e. The molecule has 0 saturated carbocycles. The Labute approximate surface area is 116 Å². The highest BCUT2D eigenvalue weighted by Gasteiger charge is 2.26. The summed E-state index contributed by atoms with van der Waals surface area (Å²) in [6.45, 7) is 2.90. The molecule has 2 rings (SSSR count). The zero-order valence-electron chi connectivity index (χ0n) is 11.2. The standard InChI is InChI=1S/C12H19N3O3S/c1-8(6-11(16)17)5-10-13-12(14-18-10)9-7-19-4-3-15(9)2/h8-9H,3-7H2,1-2H3,(H,16,17). The minimum absolute atomic E-state index is 0.00394. The number of aliphatic carboxylic acids is 1. The summed E-state index contributed by atoms with van der Waals surface area (Å²) in [5, 5.41) is 12.8. The first kappa shape index (κ1) is 14.3. The van der Waals surface area contributed by atoms with Crippen molar-refractivity contribution < 1.29 is 14.4 Å². The van der Waals surface area contributed by atoms with Crippen LogP contribution in [0.3, 0.4) is 0 Å². The SMILES string of the molecule is CC(CC(=O)O)Cc1nc(C2CSCCN2C)no1. The number of carbonyl (C=O) groups is 1. The molecule has 1 fully saturated rings. The summed E-state index contributed by atoms with van der Waals surface area (Å²) >= 11 is 1.89. The van der Waals surface area contributed by atoms with Gasteiger partial charge in [0.2, 0.25) is 5.89 Å². The van der Waals surface area contributed by atoms with Crippen molar-refractivity contribution in [1.29, 1.82) is 0 Å². The Kier molecular flexibility index (Phi) is 4.81. The summed E-state index contributed by atoms with van der Waals surface area (Å²) < 4.78 is 5.23. The Morgan fingerprint density at radius 3 is 3.16 bits per heavy atom. The predicted molar refractivity (Wildman–Crippen MR) is 72.1 cm³/mol. The van der Waals surface area contributed by atoms with E-state index < -0.39 is 5.97 Å². The van der Waals surface area contributed by atoms with E-state index in [-0.39, 0.29) is 18.4 Å². The molecule has 19 heavy (non-hydrogen) atoms. The van der Waals surface area contributed by atoms with Gasteiger partial charge in [0.15, 0.2) is 5.82 Å². The summed E-state index contributed by atoms with van der Waals surface area (Å²) in [6, 6.07) is 0.200. The van der Waals surface area contributed by atoms with Crippen LogP contribution in [0.25, 0.3) is 0 Å². The maximum absolute atomic E-state index is 10.6. The summed E-state index contributed by atoms with van der Waals surface area (Å²) in [4.78, 5) is 17.3. The van der Waals surface area contributed by atoms with E-state index in [9.17, 15) is 4.79 Å². The Morgan fingerprint density at radius 2 is 2.47 bits per heavy atom. The lowest BCUT2D eigenvalue weighted by molar-refractivity contribution is -0.137. The molecule has 1 aliphatic heterocycles. The molecule has 0 bridgehead atoms. The van der Waals surface area contributed by atoms with Crippen LogP contribution in [-0.2, 0) is 11.2 Å². The van der Waals surface area contributed by atoms with Gasteiger partial charge in [-0.1, -0.05) is 12.1 Å². The molecule has 0 aromatic carbocycles. The van der Waals surface area contributed by atoms with Crippen LogP contribution in [0.2, 0.25) is 0 Å². The van der Waals surface area contributed by atoms with Crippen molar-refractivity contribution >= 4 is 17.7 Å². The minimum Gasteiger partial charge on any atom is -0.481 e. The quantitative estimate of drug-likeness (QED) is 0.876. The highest BCUT2D eigenvalue weighted by Crippen LogP contribution is 2.26. The van der Waals surface area contributed by atoms with Crippen molar-refractivity contribution in [3.63, 3.8) is 0 Å². The van der Waals surface area contributed by atoms with Gasteiger partial charge < -0.3 is 9.63 Å². The van der Waals surface area contributed by atoms with E-state index in [0.29, 0.717) is 18.1 Å². The minimum atomic E-state index is -0.796. The average Bonchev–Trinajstić information content (AvgIpc) is 2.76. The van der Waals surface area contributed by atoms with Crippen LogP contribution < -0.4 is 0 Å². The fourth-order valence-corrected chi connectivity index (χ4v) is 3.32. The lowest BCUT2D eigenvalue weighted by Crippen LogP contribution is -2.33. The molecule has 6 nitrogen and oxygen atoms in total. The van der Waals surface area contributed by atoms with Gasteiger partial charge in [0.05, 0.1) is 6.04 Å². The molecule has 1 aliphatic rings. The second-order valence-electron chi connectivity index (χ2n) is 5.02. The number of aromatic nitrogens is 2. The molecular formula is C12H19N3O3S. The van der Waals surface area contributed by atoms with E-state index in [1.807, 2.05) is 18.7 Å². The Balaban J connectivity index is 1.96. The molecule has 1 aromatic rings. The van der Waals surface area contributed by atoms with Gasteiger partial charge in [-0.15, -0.1) is 0 Å². The van der Waals surface area contributed by atoms with Crippen molar-refractivity contribution in [2.75, 3.05) is 25.1 Å². The molecule has 2 atom stereocenters. The van der Waals surface area contributed by atoms with E-state index in [4.69, 9.17) is 9.63 Å². The molecule has 106 valence electrons. The van der Waals surface area contributed by atoms with Gasteiger partial charge in [0.25, 0.3) is 0 Å². The Morgan fingerprint density at radius 1 is 1.68 bits per heavy atom. The average molecular weight is 285 g/mol. The van der Waals surface area contributed by atoms with Gasteiger partial charge in [-0.05, 0) is 13.0 Å². The molecule has 0 radical (unpaired) electrons. The van der Waals surface area contributed by atoms with Crippen molar-refractivity contribution in [2.24, 2.45) is 5.92 Å². The largest absolute Gasteiger partial charge is 0.481 e. The van der Waals surface area contributed by atoms with E-state index in [0.717, 1.165) is 18.1 Å². The zero-order valence-corrected chi connectivity index (χ0v) is 12.0. The van der Waals surface area contributed by atoms with Gasteiger partial charge in [-0.2, -0.15) is 16.7 Å². The van der Waals surface area contributed by atoms with Crippen molar-refractivity contribution in [3.8, 4) is 0 Å². The van der Waals surface area contributed by atoms with Crippen molar-refractivity contribution in [3.05, 3.63) is 11.7 Å². The van der Waals surface area contributed by atoms with Gasteiger partial charge in [-0.3, -0.25) is 9.69 Å². The third kappa shape index (κ3) is 3.94. The normalized spacial score (nSPS) is 22.3. The monoisotopic (exact) mass is 285 g/mol. The summed E-state index contributed by atoms with van der Waals surface area (Å²) in [5.41, 5.74) is 0. The number of hydrogen-bond acceptors (Lipinski definition) is 6. The smallest absolute Gasteiger partial charge is 0.303 e. The van der Waals surface area contributed by atoms with Gasteiger partial charge in [-0.25, -0.2) is 0 Å². The van der Waals surface area contributed by atoms with E-state index >= 15 is 0 Å². The number of hydrogen-bond donors (Lipinski definition) is 1. The summed E-state index contributed by atoms with van der Waals surface area (Å²) in [6.07, 6.45) is 0.639. The van der Waals surface area contributed by atoms with Crippen LogP contribution in [0.4, 0.5) is 0 Å². The first-order chi connectivity index (χ1) is 9.06. The number of carboxylic acid groups (broad SMARTS) is 1. The molecular weight excluding hydrogens is 266 g/mol. The highest BCUT2D eigenvalue weighted by molar-refractivity contribution is 7.99. The van der Waals surface area contributed by atoms with Gasteiger partial charge >= 0.3 is 5.97 Å². The number of rotatable bonds is 5. The molecule has 1 aromatic heterocycles. The predicted octanol–water partition coefficient (Wildman–Crippen LogP) is 1.44. The third-order valence-corrected chi connectivity index (χ3v) is 4.25. The highest BCUT2D eigenvalue weighted by atomic mass is 32.2. The molecule has 0 amide bonds. The van der Waals surface area contributed by atoms with Crippen LogP contribution in [-0.4, -0.2) is 51.2 Å². The van der Waals surface area contributed by atoms with E-state index in [1.165, 1.54) is 0 Å². The maximum atomic E-state index is 10.6. The lowest BCUT2D eigenvalue weighted by Gasteiger charge is -2.29. The van der Waals surface area contributed by atoms with Crippen LogP contribution in [0, 0.1) is 5.92 Å². The molecule has 7 heteroatoms. The van der Waals surface area contributed by atoms with Crippen molar-refractivity contribution in [1.82, 2.24) is 15.0 Å². The first-order valence-electron chi connectivity index (χ1n) is 6.38. The summed E-state index contributed by atoms with van der Waals surface area (Å²) in [5.74, 6) is 2.56.